The van der Waals surface area contributed by atoms with Crippen LogP contribution in [0.15, 0.2) is 79.0 Å². The molecule has 1 nitrogen and oxygen atoms in total. The fraction of sp³-hybridized carbons (Fsp3) is 0.242. The van der Waals surface area contributed by atoms with Crippen molar-refractivity contribution in [2.24, 2.45) is 11.8 Å². The summed E-state index contributed by atoms with van der Waals surface area (Å²) in [7, 11) is 0. The lowest BCUT2D eigenvalue weighted by atomic mass is 9.90. The van der Waals surface area contributed by atoms with Crippen molar-refractivity contribution in [3.63, 3.8) is 0 Å². The van der Waals surface area contributed by atoms with Crippen LogP contribution in [0.4, 0.5) is 0 Å². The van der Waals surface area contributed by atoms with Crippen molar-refractivity contribution in [1.29, 1.82) is 0 Å². The molecule has 0 bridgehead atoms. The van der Waals surface area contributed by atoms with Gasteiger partial charge in [0.05, 0.1) is 10.4 Å². The molecule has 2 heteroatoms. The number of pyridine rings is 1. The van der Waals surface area contributed by atoms with Gasteiger partial charge < -0.3 is 0 Å². The van der Waals surface area contributed by atoms with Crippen LogP contribution < -0.4 is 0 Å². The Morgan fingerprint density at radius 2 is 1.37 bits per heavy atom. The molecule has 0 radical (unpaired) electrons. The topological polar surface area (TPSA) is 12.9 Å². The molecule has 6 aromatic rings. The SMILES string of the molecule is CC(C)Cc1cccc2c1sc1c(-c3cc(CC(C)C)c4c(ccc5ccccc54)c3)nccc12. The van der Waals surface area contributed by atoms with E-state index in [-0.39, 0.29) is 0 Å². The number of aromatic nitrogens is 1. The summed E-state index contributed by atoms with van der Waals surface area (Å²) >= 11 is 1.92. The van der Waals surface area contributed by atoms with E-state index in [1.54, 1.807) is 0 Å². The Balaban J connectivity index is 1.63. The Kier molecular flexibility index (Phi) is 5.57. The Labute approximate surface area is 211 Å². The van der Waals surface area contributed by atoms with E-state index in [2.05, 4.69) is 100 Å². The van der Waals surface area contributed by atoms with E-state index in [0.29, 0.717) is 11.8 Å². The van der Waals surface area contributed by atoms with Gasteiger partial charge in [-0.2, -0.15) is 0 Å². The molecule has 0 N–H and O–H groups in total. The predicted molar refractivity (Wildman–Crippen MR) is 155 cm³/mol. The molecule has 0 spiro atoms. The van der Waals surface area contributed by atoms with Gasteiger partial charge in [-0.25, -0.2) is 0 Å². The van der Waals surface area contributed by atoms with Crippen LogP contribution in [0.3, 0.4) is 0 Å². The van der Waals surface area contributed by atoms with Gasteiger partial charge in [-0.05, 0) is 75.5 Å². The van der Waals surface area contributed by atoms with Crippen molar-refractivity contribution in [3.05, 3.63) is 90.1 Å². The van der Waals surface area contributed by atoms with Crippen LogP contribution in [0.5, 0.6) is 0 Å². The van der Waals surface area contributed by atoms with Gasteiger partial charge in [0.1, 0.15) is 0 Å². The monoisotopic (exact) mass is 473 g/mol. The number of nitrogens with zero attached hydrogens (tertiary/aromatic N) is 1. The van der Waals surface area contributed by atoms with Gasteiger partial charge in [0.2, 0.25) is 0 Å². The summed E-state index contributed by atoms with van der Waals surface area (Å²) in [6.07, 6.45) is 4.15. The highest BCUT2D eigenvalue weighted by atomic mass is 32.1. The second-order valence-electron chi connectivity index (χ2n) is 10.6. The quantitative estimate of drug-likeness (QED) is 0.227. The van der Waals surface area contributed by atoms with Gasteiger partial charge in [-0.15, -0.1) is 11.3 Å². The van der Waals surface area contributed by atoms with Crippen LogP contribution in [-0.4, -0.2) is 4.98 Å². The van der Waals surface area contributed by atoms with Crippen LogP contribution >= 0.6 is 11.3 Å². The van der Waals surface area contributed by atoms with Gasteiger partial charge in [-0.3, -0.25) is 4.98 Å². The molecule has 0 aliphatic rings. The molecule has 0 saturated carbocycles. The first-order valence-corrected chi connectivity index (χ1v) is 13.5. The molecular weight excluding hydrogens is 442 g/mol. The highest BCUT2D eigenvalue weighted by molar-refractivity contribution is 7.26. The molecule has 0 amide bonds. The van der Waals surface area contributed by atoms with Crippen molar-refractivity contribution in [1.82, 2.24) is 4.98 Å². The third-order valence-electron chi connectivity index (χ3n) is 6.95. The maximum atomic E-state index is 4.96. The van der Waals surface area contributed by atoms with Crippen molar-refractivity contribution in [2.75, 3.05) is 0 Å². The average Bonchev–Trinajstić information content (AvgIpc) is 3.23. The third-order valence-corrected chi connectivity index (χ3v) is 8.25. The lowest BCUT2D eigenvalue weighted by Crippen LogP contribution is -1.97. The molecule has 35 heavy (non-hydrogen) atoms. The van der Waals surface area contributed by atoms with E-state index in [9.17, 15) is 0 Å². The molecule has 174 valence electrons. The Morgan fingerprint density at radius 3 is 2.20 bits per heavy atom. The zero-order chi connectivity index (χ0) is 24.1. The largest absolute Gasteiger partial charge is 0.255 e. The molecule has 4 aromatic carbocycles. The van der Waals surface area contributed by atoms with Gasteiger partial charge in [-0.1, -0.05) is 82.3 Å². The maximum Gasteiger partial charge on any atom is 0.0880 e. The van der Waals surface area contributed by atoms with Gasteiger partial charge >= 0.3 is 0 Å². The van der Waals surface area contributed by atoms with Gasteiger partial charge in [0.25, 0.3) is 0 Å². The van der Waals surface area contributed by atoms with Crippen molar-refractivity contribution in [3.8, 4) is 11.3 Å². The average molecular weight is 474 g/mol. The fourth-order valence-corrected chi connectivity index (χ4v) is 6.89. The lowest BCUT2D eigenvalue weighted by molar-refractivity contribution is 0.650. The first-order valence-electron chi connectivity index (χ1n) is 12.7. The number of thiophene rings is 1. The second-order valence-corrected chi connectivity index (χ2v) is 11.7. The van der Waals surface area contributed by atoms with Crippen molar-refractivity contribution >= 4 is 53.1 Å². The molecule has 0 unspecified atom stereocenters. The van der Waals surface area contributed by atoms with E-state index in [1.807, 2.05) is 17.5 Å². The predicted octanol–water partition coefficient (Wildman–Crippen LogP) is 9.82. The van der Waals surface area contributed by atoms with Crippen LogP contribution in [-0.2, 0) is 12.8 Å². The number of hydrogen-bond acceptors (Lipinski definition) is 2. The summed E-state index contributed by atoms with van der Waals surface area (Å²) in [5.41, 5.74) is 5.21. The molecule has 0 aliphatic heterocycles. The van der Waals surface area contributed by atoms with Crippen LogP contribution in [0.1, 0.15) is 38.8 Å². The third kappa shape index (κ3) is 3.90. The highest BCUT2D eigenvalue weighted by Crippen LogP contribution is 2.42. The first kappa shape index (κ1) is 22.2. The zero-order valence-electron chi connectivity index (χ0n) is 20.9. The van der Waals surface area contributed by atoms with Crippen LogP contribution in [0.2, 0.25) is 0 Å². The number of hydrogen-bond donors (Lipinski definition) is 0. The Bertz CT molecular complexity index is 1700. The maximum absolute atomic E-state index is 4.96. The van der Waals surface area contributed by atoms with Gasteiger partial charge in [0, 0.05) is 27.2 Å². The summed E-state index contributed by atoms with van der Waals surface area (Å²) in [6.45, 7) is 9.22. The van der Waals surface area contributed by atoms with Crippen LogP contribution in [0.25, 0.3) is 53.0 Å². The second kappa shape index (κ2) is 8.77. The molecule has 0 fully saturated rings. The molecule has 0 aliphatic carbocycles. The summed E-state index contributed by atoms with van der Waals surface area (Å²) in [4.78, 5) is 4.96. The standard InChI is InChI=1S/C33H31NS/c1-20(2)16-24-9-7-11-28-29-14-15-34-31(33(29)35-32(24)28)26-18-23-13-12-22-8-5-6-10-27(22)30(23)25(19-26)17-21(3)4/h5-15,18-21H,16-17H2,1-4H3. The molecule has 2 heterocycles. The Morgan fingerprint density at radius 1 is 0.657 bits per heavy atom. The summed E-state index contributed by atoms with van der Waals surface area (Å²) in [6, 6.07) is 27.1. The van der Waals surface area contributed by atoms with E-state index >= 15 is 0 Å². The first-order chi connectivity index (χ1) is 17.0. The minimum absolute atomic E-state index is 0.582. The molecule has 6 rings (SSSR count). The Hall–Kier alpha value is -3.23. The molecule has 0 atom stereocenters. The minimum Gasteiger partial charge on any atom is -0.255 e. The summed E-state index contributed by atoms with van der Waals surface area (Å²) < 4.78 is 2.72. The highest BCUT2D eigenvalue weighted by Gasteiger charge is 2.17. The smallest absolute Gasteiger partial charge is 0.0880 e. The minimum atomic E-state index is 0.582. The van der Waals surface area contributed by atoms with E-state index < -0.39 is 0 Å². The van der Waals surface area contributed by atoms with Crippen molar-refractivity contribution in [2.45, 2.75) is 40.5 Å². The van der Waals surface area contributed by atoms with Crippen LogP contribution in [0, 0.1) is 11.8 Å². The van der Waals surface area contributed by atoms with E-state index in [1.165, 1.54) is 58.4 Å². The zero-order valence-corrected chi connectivity index (χ0v) is 21.7. The van der Waals surface area contributed by atoms with E-state index in [4.69, 9.17) is 4.98 Å². The number of fused-ring (bicyclic) bond motifs is 6. The normalized spacial score (nSPS) is 12.2. The summed E-state index contributed by atoms with van der Waals surface area (Å²) in [5.74, 6) is 1.22. The molecule has 2 aromatic heterocycles. The lowest BCUT2D eigenvalue weighted by Gasteiger charge is -2.15. The summed E-state index contributed by atoms with van der Waals surface area (Å²) in [5, 5.41) is 8.03. The molecule has 0 saturated heterocycles. The number of rotatable bonds is 5. The fourth-order valence-electron chi connectivity index (χ4n) is 5.56. The molecular formula is C33H31NS. The van der Waals surface area contributed by atoms with Crippen molar-refractivity contribution < 1.29 is 0 Å². The van der Waals surface area contributed by atoms with Gasteiger partial charge in [0.15, 0.2) is 0 Å². The number of benzene rings is 4. The van der Waals surface area contributed by atoms with E-state index in [0.717, 1.165) is 18.5 Å².